The second-order valence-electron chi connectivity index (χ2n) is 4.96. The second kappa shape index (κ2) is 18.7. The molecule has 0 radical (unpaired) electrons. The molecule has 0 aliphatic heterocycles. The van der Waals surface area contributed by atoms with Crippen molar-refractivity contribution in [3.05, 3.63) is 0 Å². The number of amides is 1. The fourth-order valence-electron chi connectivity index (χ4n) is 1.97. The first-order valence-corrected chi connectivity index (χ1v) is 8.56. The third-order valence-corrected chi connectivity index (χ3v) is 3.24. The number of halogens is 1. The number of guanidine groups is 1. The minimum atomic E-state index is 0. The van der Waals surface area contributed by atoms with Crippen LogP contribution in [0.3, 0.4) is 0 Å². The molecular weight excluding hydrogens is 423 g/mol. The van der Waals surface area contributed by atoms with Crippen molar-refractivity contribution in [2.75, 3.05) is 59.7 Å². The van der Waals surface area contributed by atoms with Crippen LogP contribution in [0.1, 0.15) is 33.6 Å². The first-order chi connectivity index (χ1) is 11.2. The van der Waals surface area contributed by atoms with Crippen LogP contribution in [0.2, 0.25) is 0 Å². The minimum absolute atomic E-state index is 0. The van der Waals surface area contributed by atoms with Crippen LogP contribution in [0.5, 0.6) is 0 Å². The van der Waals surface area contributed by atoms with Crippen molar-refractivity contribution in [3.63, 3.8) is 0 Å². The van der Waals surface area contributed by atoms with Gasteiger partial charge in [-0.2, -0.15) is 0 Å². The Hall–Kier alpha value is -0.610. The third-order valence-electron chi connectivity index (χ3n) is 3.24. The predicted molar refractivity (Wildman–Crippen MR) is 109 cm³/mol. The molecule has 0 saturated heterocycles. The smallest absolute Gasteiger partial charge is 0.224 e. The van der Waals surface area contributed by atoms with Gasteiger partial charge in [-0.25, -0.2) is 0 Å². The Balaban J connectivity index is 0. The fourth-order valence-corrected chi connectivity index (χ4v) is 1.97. The molecule has 0 bridgehead atoms. The van der Waals surface area contributed by atoms with E-state index in [0.29, 0.717) is 39.3 Å². The van der Waals surface area contributed by atoms with Crippen LogP contribution < -0.4 is 10.6 Å². The predicted octanol–water partition coefficient (Wildman–Crippen LogP) is 1.47. The normalized spacial score (nSPS) is 10.9. The van der Waals surface area contributed by atoms with E-state index in [4.69, 9.17) is 9.47 Å². The zero-order valence-electron chi connectivity index (χ0n) is 15.6. The molecule has 0 spiro atoms. The molecule has 8 heteroatoms. The molecule has 1 amide bonds. The van der Waals surface area contributed by atoms with Crippen molar-refractivity contribution in [2.24, 2.45) is 4.99 Å². The van der Waals surface area contributed by atoms with E-state index in [1.54, 1.807) is 7.11 Å². The van der Waals surface area contributed by atoms with Crippen molar-refractivity contribution in [1.29, 1.82) is 0 Å². The maximum atomic E-state index is 11.9. The van der Waals surface area contributed by atoms with Crippen LogP contribution in [-0.2, 0) is 14.3 Å². The van der Waals surface area contributed by atoms with Crippen LogP contribution in [0.15, 0.2) is 4.99 Å². The van der Waals surface area contributed by atoms with E-state index in [0.717, 1.165) is 32.0 Å². The molecule has 0 aliphatic rings. The SMILES string of the molecule is CCNC(=NCCCOCCOC)NCCC(=O)N(CC)CC.I. The van der Waals surface area contributed by atoms with Crippen molar-refractivity contribution < 1.29 is 14.3 Å². The summed E-state index contributed by atoms with van der Waals surface area (Å²) >= 11 is 0. The lowest BCUT2D eigenvalue weighted by molar-refractivity contribution is -0.130. The molecule has 0 rings (SSSR count). The fraction of sp³-hybridized carbons (Fsp3) is 0.875. The lowest BCUT2D eigenvalue weighted by Crippen LogP contribution is -2.40. The summed E-state index contributed by atoms with van der Waals surface area (Å²) < 4.78 is 10.3. The van der Waals surface area contributed by atoms with E-state index in [9.17, 15) is 4.79 Å². The van der Waals surface area contributed by atoms with Crippen molar-refractivity contribution in [1.82, 2.24) is 15.5 Å². The summed E-state index contributed by atoms with van der Waals surface area (Å²) in [7, 11) is 1.66. The Morgan fingerprint density at radius 1 is 1.08 bits per heavy atom. The highest BCUT2D eigenvalue weighted by Crippen LogP contribution is 1.93. The van der Waals surface area contributed by atoms with Gasteiger partial charge in [-0.1, -0.05) is 0 Å². The van der Waals surface area contributed by atoms with Crippen molar-refractivity contribution >= 4 is 35.8 Å². The van der Waals surface area contributed by atoms with E-state index in [2.05, 4.69) is 15.6 Å². The Morgan fingerprint density at radius 2 is 1.79 bits per heavy atom. The average molecular weight is 458 g/mol. The quantitative estimate of drug-likeness (QED) is 0.189. The van der Waals surface area contributed by atoms with Crippen LogP contribution in [0.4, 0.5) is 0 Å². The number of hydrogen-bond acceptors (Lipinski definition) is 4. The third kappa shape index (κ3) is 13.8. The minimum Gasteiger partial charge on any atom is -0.382 e. The molecule has 0 aromatic heterocycles. The van der Waals surface area contributed by atoms with Gasteiger partial charge in [-0.15, -0.1) is 24.0 Å². The molecule has 0 aliphatic carbocycles. The highest BCUT2D eigenvalue weighted by atomic mass is 127. The molecule has 0 fully saturated rings. The summed E-state index contributed by atoms with van der Waals surface area (Å²) in [6.45, 7) is 11.5. The van der Waals surface area contributed by atoms with Crippen molar-refractivity contribution in [2.45, 2.75) is 33.6 Å². The number of carbonyl (C=O) groups is 1. The molecule has 0 aromatic carbocycles. The van der Waals surface area contributed by atoms with E-state index < -0.39 is 0 Å². The van der Waals surface area contributed by atoms with Crippen LogP contribution in [0, 0.1) is 0 Å². The van der Waals surface area contributed by atoms with E-state index in [1.807, 2.05) is 25.7 Å². The number of aliphatic imine (C=N–C) groups is 1. The average Bonchev–Trinajstić information content (AvgIpc) is 2.55. The molecule has 0 heterocycles. The molecule has 0 aromatic rings. The Bertz CT molecular complexity index is 326. The number of nitrogens with one attached hydrogen (secondary N) is 2. The van der Waals surface area contributed by atoms with E-state index in [1.165, 1.54) is 0 Å². The summed E-state index contributed by atoms with van der Waals surface area (Å²) in [5, 5.41) is 6.37. The van der Waals surface area contributed by atoms with Gasteiger partial charge < -0.3 is 25.0 Å². The van der Waals surface area contributed by atoms with Gasteiger partial charge in [0, 0.05) is 52.9 Å². The van der Waals surface area contributed by atoms with Crippen molar-refractivity contribution in [3.8, 4) is 0 Å². The number of carbonyl (C=O) groups excluding carboxylic acids is 1. The topological polar surface area (TPSA) is 75.2 Å². The first-order valence-electron chi connectivity index (χ1n) is 8.56. The summed E-state index contributed by atoms with van der Waals surface area (Å²) in [5.74, 6) is 0.918. The van der Waals surface area contributed by atoms with Crippen LogP contribution in [-0.4, -0.2) is 76.4 Å². The maximum Gasteiger partial charge on any atom is 0.224 e. The van der Waals surface area contributed by atoms with Gasteiger partial charge in [0.05, 0.1) is 13.2 Å². The lowest BCUT2D eigenvalue weighted by Gasteiger charge is -2.19. The summed E-state index contributed by atoms with van der Waals surface area (Å²) in [4.78, 5) is 18.2. The molecule has 7 nitrogen and oxygen atoms in total. The first kappa shape index (κ1) is 25.6. The molecular formula is C16H35IN4O3. The standard InChI is InChI=1S/C16H34N4O3.HI/c1-5-17-16(18-10-8-12-23-14-13-22-4)19-11-9-15(21)20(6-2)7-3;/h5-14H2,1-4H3,(H2,17,18,19);1H. The van der Waals surface area contributed by atoms with E-state index >= 15 is 0 Å². The van der Waals surface area contributed by atoms with Gasteiger partial charge in [0.25, 0.3) is 0 Å². The summed E-state index contributed by atoms with van der Waals surface area (Å²) in [6, 6.07) is 0. The molecule has 0 unspecified atom stereocenters. The van der Waals surface area contributed by atoms with Gasteiger partial charge in [-0.05, 0) is 27.2 Å². The molecule has 2 N–H and O–H groups in total. The Kier molecular flexibility index (Phi) is 20.0. The van der Waals surface area contributed by atoms with Gasteiger partial charge >= 0.3 is 0 Å². The highest BCUT2D eigenvalue weighted by Gasteiger charge is 2.08. The highest BCUT2D eigenvalue weighted by molar-refractivity contribution is 14.0. The Morgan fingerprint density at radius 3 is 2.38 bits per heavy atom. The lowest BCUT2D eigenvalue weighted by atomic mass is 10.3. The van der Waals surface area contributed by atoms with E-state index in [-0.39, 0.29) is 29.9 Å². The Labute approximate surface area is 164 Å². The second-order valence-corrected chi connectivity index (χ2v) is 4.96. The number of methoxy groups -OCH3 is 1. The van der Waals surface area contributed by atoms with Gasteiger partial charge in [0.15, 0.2) is 5.96 Å². The number of hydrogen-bond donors (Lipinski definition) is 2. The number of rotatable bonds is 13. The zero-order chi connectivity index (χ0) is 17.3. The van der Waals surface area contributed by atoms with Crippen LogP contribution in [0.25, 0.3) is 0 Å². The maximum absolute atomic E-state index is 11.9. The zero-order valence-corrected chi connectivity index (χ0v) is 17.9. The summed E-state index contributed by atoms with van der Waals surface area (Å²) in [6.07, 6.45) is 1.34. The monoisotopic (exact) mass is 458 g/mol. The van der Waals surface area contributed by atoms with Gasteiger partial charge in [0.1, 0.15) is 0 Å². The molecule has 24 heavy (non-hydrogen) atoms. The summed E-state index contributed by atoms with van der Waals surface area (Å²) in [5.41, 5.74) is 0. The van der Waals surface area contributed by atoms with Gasteiger partial charge in [0.2, 0.25) is 5.91 Å². The largest absolute Gasteiger partial charge is 0.382 e. The van der Waals surface area contributed by atoms with Gasteiger partial charge in [-0.3, -0.25) is 9.79 Å². The van der Waals surface area contributed by atoms with Crippen LogP contribution >= 0.6 is 24.0 Å². The number of nitrogens with zero attached hydrogens (tertiary/aromatic N) is 2. The molecule has 0 saturated carbocycles. The number of ether oxygens (including phenoxy) is 2. The molecule has 0 atom stereocenters. The molecule has 144 valence electrons.